The Bertz CT molecular complexity index is 385. The van der Waals surface area contributed by atoms with Crippen LogP contribution in [-0.2, 0) is 6.42 Å². The Balaban J connectivity index is 2.32. The molecule has 0 saturated heterocycles. The summed E-state index contributed by atoms with van der Waals surface area (Å²) in [6, 6.07) is 0. The number of aromatic amines is 1. The summed E-state index contributed by atoms with van der Waals surface area (Å²) >= 11 is 0. The van der Waals surface area contributed by atoms with Crippen LogP contribution in [0.4, 0.5) is 0 Å². The average molecular weight is 183 g/mol. The van der Waals surface area contributed by atoms with Crippen LogP contribution in [0.15, 0.2) is 9.32 Å². The molecule has 0 spiro atoms. The highest BCUT2D eigenvalue weighted by Gasteiger charge is 2.28. The summed E-state index contributed by atoms with van der Waals surface area (Å²) in [5.41, 5.74) is -0.893. The van der Waals surface area contributed by atoms with Crippen molar-refractivity contribution in [3.63, 3.8) is 0 Å². The van der Waals surface area contributed by atoms with Crippen LogP contribution >= 0.6 is 0 Å². The highest BCUT2D eigenvalue weighted by molar-refractivity contribution is 5.88. The summed E-state index contributed by atoms with van der Waals surface area (Å²) in [5.74, 6) is -0.442. The summed E-state index contributed by atoms with van der Waals surface area (Å²) in [6.45, 7) is 0. The van der Waals surface area contributed by atoms with Gasteiger partial charge in [0.2, 0.25) is 0 Å². The Morgan fingerprint density at radius 2 is 2.31 bits per heavy atom. The van der Waals surface area contributed by atoms with Crippen LogP contribution in [0.1, 0.15) is 29.0 Å². The fraction of sp³-hybridized carbons (Fsp3) is 0.500. The van der Waals surface area contributed by atoms with Gasteiger partial charge in [0.05, 0.1) is 0 Å². The topological polar surface area (TPSA) is 83.3 Å². The zero-order valence-corrected chi connectivity index (χ0v) is 6.87. The van der Waals surface area contributed by atoms with Gasteiger partial charge in [0.25, 0.3) is 5.56 Å². The highest BCUT2D eigenvalue weighted by Crippen LogP contribution is 2.32. The van der Waals surface area contributed by atoms with Gasteiger partial charge in [0.15, 0.2) is 11.3 Å². The second-order valence-corrected chi connectivity index (χ2v) is 3.28. The van der Waals surface area contributed by atoms with E-state index < -0.39 is 11.5 Å². The molecule has 0 atom stereocenters. The van der Waals surface area contributed by atoms with E-state index in [0.29, 0.717) is 12.3 Å². The van der Waals surface area contributed by atoms with E-state index in [4.69, 9.17) is 9.63 Å². The number of aromatic nitrogens is 1. The molecule has 1 aliphatic rings. The second kappa shape index (κ2) is 2.76. The first-order valence-corrected chi connectivity index (χ1v) is 4.12. The summed E-state index contributed by atoms with van der Waals surface area (Å²) in [7, 11) is 0. The predicted molar refractivity (Wildman–Crippen MR) is 42.7 cm³/mol. The highest BCUT2D eigenvalue weighted by atomic mass is 16.5. The molecule has 0 unspecified atom stereocenters. The number of H-pyrrole nitrogens is 1. The zero-order valence-electron chi connectivity index (χ0n) is 6.87. The van der Waals surface area contributed by atoms with Gasteiger partial charge in [-0.15, -0.1) is 0 Å². The molecule has 1 aliphatic carbocycles. The predicted octanol–water partition coefficient (Wildman–Crippen LogP) is 0.619. The Kier molecular flexibility index (Phi) is 1.72. The van der Waals surface area contributed by atoms with Gasteiger partial charge in [-0.05, 0) is 18.8 Å². The van der Waals surface area contributed by atoms with Crippen molar-refractivity contribution in [2.75, 3.05) is 0 Å². The number of hydrogen-bond acceptors (Lipinski definition) is 3. The Morgan fingerprint density at radius 1 is 1.62 bits per heavy atom. The molecule has 1 saturated carbocycles. The molecular weight excluding hydrogens is 174 g/mol. The normalized spacial score (nSPS) is 16.0. The number of aromatic carboxylic acids is 1. The molecule has 1 fully saturated rings. The maximum Gasteiger partial charge on any atom is 0.345 e. The average Bonchev–Trinajstić information content (AvgIpc) is 2.76. The lowest BCUT2D eigenvalue weighted by Crippen LogP contribution is -2.13. The first kappa shape index (κ1) is 8.10. The molecule has 5 heteroatoms. The molecule has 0 radical (unpaired) electrons. The van der Waals surface area contributed by atoms with Gasteiger partial charge in [-0.2, -0.15) is 5.16 Å². The van der Waals surface area contributed by atoms with Crippen LogP contribution in [-0.4, -0.2) is 16.2 Å². The molecule has 2 N–H and O–H groups in total. The van der Waals surface area contributed by atoms with Crippen LogP contribution in [0, 0.1) is 5.92 Å². The van der Waals surface area contributed by atoms with Gasteiger partial charge >= 0.3 is 5.97 Å². The van der Waals surface area contributed by atoms with Gasteiger partial charge in [-0.1, -0.05) is 0 Å². The number of carboxylic acid groups (broad SMARTS) is 1. The van der Waals surface area contributed by atoms with Crippen LogP contribution in [0.2, 0.25) is 0 Å². The van der Waals surface area contributed by atoms with E-state index in [1.807, 2.05) is 5.16 Å². The number of rotatable bonds is 3. The van der Waals surface area contributed by atoms with E-state index in [9.17, 15) is 9.59 Å². The van der Waals surface area contributed by atoms with Crippen molar-refractivity contribution in [1.82, 2.24) is 5.16 Å². The molecule has 2 rings (SSSR count). The van der Waals surface area contributed by atoms with Crippen molar-refractivity contribution in [3.8, 4) is 0 Å². The number of nitrogens with one attached hydrogen (secondary N) is 1. The zero-order chi connectivity index (χ0) is 9.42. The Morgan fingerprint density at radius 3 is 2.85 bits per heavy atom. The van der Waals surface area contributed by atoms with Gasteiger partial charge in [-0.25, -0.2) is 4.79 Å². The third-order valence-electron chi connectivity index (χ3n) is 2.16. The van der Waals surface area contributed by atoms with E-state index in [2.05, 4.69) is 0 Å². The fourth-order valence-corrected chi connectivity index (χ4v) is 1.28. The molecule has 5 nitrogen and oxygen atoms in total. The smallest absolute Gasteiger partial charge is 0.345 e. The first-order valence-electron chi connectivity index (χ1n) is 4.12. The molecule has 0 aromatic carbocycles. The van der Waals surface area contributed by atoms with Crippen LogP contribution in [0.5, 0.6) is 0 Å². The quantitative estimate of drug-likeness (QED) is 0.719. The fourth-order valence-electron chi connectivity index (χ4n) is 1.28. The van der Waals surface area contributed by atoms with Crippen molar-refractivity contribution < 1.29 is 14.4 Å². The van der Waals surface area contributed by atoms with E-state index in [0.717, 1.165) is 12.8 Å². The van der Waals surface area contributed by atoms with Crippen LogP contribution in [0.25, 0.3) is 0 Å². The van der Waals surface area contributed by atoms with Crippen molar-refractivity contribution in [3.05, 3.63) is 21.7 Å². The standard InChI is InChI=1S/C8H9NO4/c10-7-6(8(11)12)5(13-9-7)3-4-1-2-4/h4H,1-3H2,(H,9,10)(H,11,12). The van der Waals surface area contributed by atoms with Crippen molar-refractivity contribution >= 4 is 5.97 Å². The van der Waals surface area contributed by atoms with Crippen molar-refractivity contribution in [2.24, 2.45) is 5.92 Å². The minimum atomic E-state index is -1.22. The Labute approximate surface area is 73.3 Å². The molecule has 0 amide bonds. The van der Waals surface area contributed by atoms with Crippen molar-refractivity contribution in [1.29, 1.82) is 0 Å². The third kappa shape index (κ3) is 1.49. The minimum absolute atomic E-state index is 0.244. The van der Waals surface area contributed by atoms with Gasteiger partial charge < -0.3 is 9.63 Å². The van der Waals surface area contributed by atoms with E-state index in [1.165, 1.54) is 0 Å². The lowest BCUT2D eigenvalue weighted by atomic mass is 10.1. The second-order valence-electron chi connectivity index (χ2n) is 3.28. The number of hydrogen-bond donors (Lipinski definition) is 2. The molecule has 1 heterocycles. The number of carboxylic acids is 1. The van der Waals surface area contributed by atoms with Gasteiger partial charge in [-0.3, -0.25) is 4.79 Å². The van der Waals surface area contributed by atoms with Crippen LogP contribution < -0.4 is 5.56 Å². The maximum absolute atomic E-state index is 11.0. The lowest BCUT2D eigenvalue weighted by Gasteiger charge is -1.92. The van der Waals surface area contributed by atoms with Gasteiger partial charge in [0.1, 0.15) is 0 Å². The molecule has 1 aromatic rings. The summed E-state index contributed by atoms with van der Waals surface area (Å²) in [5, 5.41) is 10.7. The molecule has 1 aromatic heterocycles. The third-order valence-corrected chi connectivity index (χ3v) is 2.16. The summed E-state index contributed by atoms with van der Waals surface area (Å²) < 4.78 is 4.79. The number of carbonyl (C=O) groups is 1. The minimum Gasteiger partial charge on any atom is -0.477 e. The molecule has 70 valence electrons. The van der Waals surface area contributed by atoms with E-state index in [-0.39, 0.29) is 11.3 Å². The molecule has 0 aliphatic heterocycles. The molecule has 0 bridgehead atoms. The van der Waals surface area contributed by atoms with E-state index in [1.54, 1.807) is 0 Å². The Hall–Kier alpha value is -1.52. The SMILES string of the molecule is O=C(O)c1c(CC2CC2)o[nH]c1=O. The molecule has 13 heavy (non-hydrogen) atoms. The van der Waals surface area contributed by atoms with Crippen LogP contribution in [0.3, 0.4) is 0 Å². The summed E-state index contributed by atoms with van der Waals surface area (Å²) in [4.78, 5) is 21.6. The maximum atomic E-state index is 11.0. The molecular formula is C8H9NO4. The van der Waals surface area contributed by atoms with E-state index >= 15 is 0 Å². The van der Waals surface area contributed by atoms with Gasteiger partial charge in [0, 0.05) is 6.42 Å². The lowest BCUT2D eigenvalue weighted by molar-refractivity contribution is 0.0693. The van der Waals surface area contributed by atoms with Crippen molar-refractivity contribution in [2.45, 2.75) is 19.3 Å². The largest absolute Gasteiger partial charge is 0.477 e. The first-order chi connectivity index (χ1) is 6.18. The monoisotopic (exact) mass is 183 g/mol. The summed E-state index contributed by atoms with van der Waals surface area (Å²) in [6.07, 6.45) is 2.74.